The monoisotopic (exact) mass is 347 g/mol. The fraction of sp³-hybridized carbons (Fsp3) is 0.579. The van der Waals surface area contributed by atoms with Crippen LogP contribution in [0.25, 0.3) is 0 Å². The summed E-state index contributed by atoms with van der Waals surface area (Å²) in [4.78, 5) is 28.2. The van der Waals surface area contributed by atoms with Crippen molar-refractivity contribution < 1.29 is 14.3 Å². The highest BCUT2D eigenvalue weighted by Gasteiger charge is 2.31. The molecule has 2 N–H and O–H groups in total. The topological polar surface area (TPSA) is 75.9 Å². The van der Waals surface area contributed by atoms with Crippen molar-refractivity contribution >= 4 is 12.0 Å². The van der Waals surface area contributed by atoms with E-state index in [4.69, 9.17) is 10.5 Å². The quantitative estimate of drug-likeness (QED) is 0.857. The average molecular weight is 347 g/mol. The summed E-state index contributed by atoms with van der Waals surface area (Å²) in [5.74, 6) is -0.0850. The zero-order valence-electron chi connectivity index (χ0n) is 15.2. The van der Waals surface area contributed by atoms with Crippen molar-refractivity contribution in [1.29, 1.82) is 0 Å². The lowest BCUT2D eigenvalue weighted by Crippen LogP contribution is -2.53. The van der Waals surface area contributed by atoms with Gasteiger partial charge in [-0.2, -0.15) is 0 Å². The first-order chi connectivity index (χ1) is 12.0. The Bertz CT molecular complexity index is 562. The van der Waals surface area contributed by atoms with E-state index >= 15 is 0 Å². The number of hydrogen-bond acceptors (Lipinski definition) is 4. The molecule has 0 bridgehead atoms. The summed E-state index contributed by atoms with van der Waals surface area (Å²) < 4.78 is 5.49. The number of carbonyl (C=O) groups is 2. The summed E-state index contributed by atoms with van der Waals surface area (Å²) in [6.45, 7) is 5.36. The number of ether oxygens (including phenoxy) is 1. The van der Waals surface area contributed by atoms with Gasteiger partial charge in [0.15, 0.2) is 0 Å². The zero-order valence-corrected chi connectivity index (χ0v) is 15.2. The van der Waals surface area contributed by atoms with Crippen LogP contribution >= 0.6 is 0 Å². The molecule has 0 spiro atoms. The molecule has 1 fully saturated rings. The molecule has 25 heavy (non-hydrogen) atoms. The van der Waals surface area contributed by atoms with E-state index in [1.54, 1.807) is 9.80 Å². The molecular weight excluding hydrogens is 318 g/mol. The van der Waals surface area contributed by atoms with E-state index < -0.39 is 0 Å². The molecule has 1 aromatic carbocycles. The fourth-order valence-corrected chi connectivity index (χ4v) is 3.18. The Hall–Kier alpha value is -2.08. The van der Waals surface area contributed by atoms with Crippen molar-refractivity contribution in [1.82, 2.24) is 9.80 Å². The summed E-state index contributed by atoms with van der Waals surface area (Å²) in [7, 11) is 0. The van der Waals surface area contributed by atoms with Gasteiger partial charge in [-0.15, -0.1) is 0 Å². The van der Waals surface area contributed by atoms with Crippen LogP contribution in [0.1, 0.15) is 38.7 Å². The third-order valence-electron chi connectivity index (χ3n) is 4.59. The minimum atomic E-state index is -0.308. The first-order valence-corrected chi connectivity index (χ1v) is 8.99. The fourth-order valence-electron chi connectivity index (χ4n) is 3.18. The third kappa shape index (κ3) is 5.46. The van der Waals surface area contributed by atoms with Gasteiger partial charge in [-0.05, 0) is 38.7 Å². The van der Waals surface area contributed by atoms with Gasteiger partial charge in [0, 0.05) is 19.1 Å². The van der Waals surface area contributed by atoms with Gasteiger partial charge in [-0.1, -0.05) is 30.3 Å². The Morgan fingerprint density at radius 1 is 1.28 bits per heavy atom. The second kappa shape index (κ2) is 9.42. The number of nitrogens with two attached hydrogens (primary N) is 1. The van der Waals surface area contributed by atoms with Crippen LogP contribution in [-0.2, 0) is 16.1 Å². The molecule has 1 atom stereocenters. The van der Waals surface area contributed by atoms with Crippen LogP contribution in [0.15, 0.2) is 30.3 Å². The summed E-state index contributed by atoms with van der Waals surface area (Å²) >= 11 is 0. The summed E-state index contributed by atoms with van der Waals surface area (Å²) in [5, 5.41) is 0. The van der Waals surface area contributed by atoms with Crippen molar-refractivity contribution in [3.8, 4) is 0 Å². The number of amides is 2. The number of nitrogens with zero attached hydrogens (tertiary/aromatic N) is 2. The lowest BCUT2D eigenvalue weighted by Gasteiger charge is -2.39. The standard InChI is InChI=1S/C19H29N3O3/c1-15(2)22(18(23)12-20)13-17-10-6-7-11-21(17)19(24)25-14-16-8-4-3-5-9-16/h3-5,8-9,15,17H,6-7,10-14,20H2,1-2H3/t17-/m0/s1. The van der Waals surface area contributed by atoms with E-state index in [0.717, 1.165) is 24.8 Å². The zero-order chi connectivity index (χ0) is 18.2. The van der Waals surface area contributed by atoms with E-state index in [-0.39, 0.29) is 37.2 Å². The van der Waals surface area contributed by atoms with Crippen molar-refractivity contribution in [2.24, 2.45) is 5.73 Å². The number of likely N-dealkylation sites (tertiary alicyclic amines) is 1. The molecule has 6 heteroatoms. The second-order valence-corrected chi connectivity index (χ2v) is 6.73. The molecule has 0 radical (unpaired) electrons. The predicted molar refractivity (Wildman–Crippen MR) is 96.9 cm³/mol. The predicted octanol–water partition coefficient (Wildman–Crippen LogP) is 2.37. The number of benzene rings is 1. The highest BCUT2D eigenvalue weighted by atomic mass is 16.6. The minimum Gasteiger partial charge on any atom is -0.445 e. The van der Waals surface area contributed by atoms with Gasteiger partial charge in [-0.3, -0.25) is 4.79 Å². The molecule has 0 unspecified atom stereocenters. The van der Waals surface area contributed by atoms with E-state index in [2.05, 4.69) is 0 Å². The molecule has 0 aromatic heterocycles. The SMILES string of the molecule is CC(C)N(C[C@@H]1CCCCN1C(=O)OCc1ccccc1)C(=O)CN. The number of hydrogen-bond donors (Lipinski definition) is 1. The Balaban J connectivity index is 1.98. The van der Waals surface area contributed by atoms with E-state index in [9.17, 15) is 9.59 Å². The average Bonchev–Trinajstić information content (AvgIpc) is 2.64. The van der Waals surface area contributed by atoms with Crippen LogP contribution in [0.4, 0.5) is 4.79 Å². The van der Waals surface area contributed by atoms with Gasteiger partial charge in [-0.25, -0.2) is 4.79 Å². The maximum absolute atomic E-state index is 12.5. The van der Waals surface area contributed by atoms with Crippen molar-refractivity contribution in [2.45, 2.75) is 51.8 Å². The number of piperidine rings is 1. The van der Waals surface area contributed by atoms with Crippen LogP contribution in [0, 0.1) is 0 Å². The van der Waals surface area contributed by atoms with Crippen LogP contribution < -0.4 is 5.73 Å². The van der Waals surface area contributed by atoms with Crippen LogP contribution in [-0.4, -0.2) is 53.5 Å². The first kappa shape index (κ1) is 19.2. The Morgan fingerprint density at radius 3 is 2.64 bits per heavy atom. The summed E-state index contributed by atoms with van der Waals surface area (Å²) in [6, 6.07) is 9.68. The van der Waals surface area contributed by atoms with E-state index in [1.807, 2.05) is 44.2 Å². The largest absolute Gasteiger partial charge is 0.445 e. The molecule has 1 aliphatic rings. The Labute approximate surface area is 149 Å². The lowest BCUT2D eigenvalue weighted by atomic mass is 10.0. The van der Waals surface area contributed by atoms with Gasteiger partial charge in [0.25, 0.3) is 0 Å². The van der Waals surface area contributed by atoms with Gasteiger partial charge in [0.1, 0.15) is 6.61 Å². The third-order valence-corrected chi connectivity index (χ3v) is 4.59. The van der Waals surface area contributed by atoms with Crippen molar-refractivity contribution in [3.05, 3.63) is 35.9 Å². The van der Waals surface area contributed by atoms with Crippen molar-refractivity contribution in [3.63, 3.8) is 0 Å². The number of rotatable bonds is 6. The maximum Gasteiger partial charge on any atom is 0.410 e. The first-order valence-electron chi connectivity index (χ1n) is 8.99. The number of carbonyl (C=O) groups excluding carboxylic acids is 2. The second-order valence-electron chi connectivity index (χ2n) is 6.73. The van der Waals surface area contributed by atoms with E-state index in [1.165, 1.54) is 0 Å². The normalized spacial score (nSPS) is 17.4. The van der Waals surface area contributed by atoms with E-state index in [0.29, 0.717) is 13.1 Å². The molecule has 1 aromatic rings. The lowest BCUT2D eigenvalue weighted by molar-refractivity contribution is -0.132. The highest BCUT2D eigenvalue weighted by Crippen LogP contribution is 2.20. The van der Waals surface area contributed by atoms with Gasteiger partial charge >= 0.3 is 6.09 Å². The maximum atomic E-state index is 12.5. The summed E-state index contributed by atoms with van der Waals surface area (Å²) in [6.07, 6.45) is 2.58. The smallest absolute Gasteiger partial charge is 0.410 e. The van der Waals surface area contributed by atoms with Crippen LogP contribution in [0.2, 0.25) is 0 Å². The molecule has 2 amide bonds. The molecule has 0 aliphatic carbocycles. The van der Waals surface area contributed by atoms with Gasteiger partial charge < -0.3 is 20.3 Å². The molecule has 1 saturated heterocycles. The van der Waals surface area contributed by atoms with Gasteiger partial charge in [0.05, 0.1) is 12.6 Å². The molecule has 2 rings (SSSR count). The molecule has 0 saturated carbocycles. The molecule has 1 aliphatic heterocycles. The van der Waals surface area contributed by atoms with Crippen LogP contribution in [0.3, 0.4) is 0 Å². The molecule has 6 nitrogen and oxygen atoms in total. The van der Waals surface area contributed by atoms with Crippen LogP contribution in [0.5, 0.6) is 0 Å². The van der Waals surface area contributed by atoms with Gasteiger partial charge in [0.2, 0.25) is 5.91 Å². The minimum absolute atomic E-state index is 0.0106. The molecular formula is C19H29N3O3. The Kier molecular flexibility index (Phi) is 7.25. The highest BCUT2D eigenvalue weighted by molar-refractivity contribution is 5.78. The Morgan fingerprint density at radius 2 is 2.00 bits per heavy atom. The summed E-state index contributed by atoms with van der Waals surface area (Å²) in [5.41, 5.74) is 6.49. The van der Waals surface area contributed by atoms with Crippen molar-refractivity contribution in [2.75, 3.05) is 19.6 Å². The molecule has 138 valence electrons. The molecule has 1 heterocycles.